The van der Waals surface area contributed by atoms with Crippen LogP contribution in [0.5, 0.6) is 0 Å². The Kier molecular flexibility index (Phi) is 5.77. The molecule has 2 rings (SSSR count). The van der Waals surface area contributed by atoms with Crippen LogP contribution in [-0.2, 0) is 4.74 Å². The zero-order chi connectivity index (χ0) is 16.7. The van der Waals surface area contributed by atoms with E-state index in [0.29, 0.717) is 16.4 Å². The third-order valence-corrected chi connectivity index (χ3v) is 3.40. The van der Waals surface area contributed by atoms with Crippen LogP contribution in [0, 0.1) is 11.5 Å². The molecule has 0 unspecified atom stereocenters. The molecule has 0 radical (unpaired) electrons. The number of esters is 1. The minimum absolute atomic E-state index is 0.273. The summed E-state index contributed by atoms with van der Waals surface area (Å²) in [6.45, 7) is 2.01. The van der Waals surface area contributed by atoms with E-state index in [-0.39, 0.29) is 6.61 Å². The predicted molar refractivity (Wildman–Crippen MR) is 88.9 cm³/mol. The lowest BCUT2D eigenvalue weighted by Gasteiger charge is -2.09. The lowest BCUT2D eigenvalue weighted by molar-refractivity contribution is 0.0527. The van der Waals surface area contributed by atoms with Crippen molar-refractivity contribution >= 4 is 28.6 Å². The molecule has 0 aliphatic carbocycles. The molecule has 0 bridgehead atoms. The number of amidine groups is 1. The van der Waals surface area contributed by atoms with E-state index < -0.39 is 5.97 Å². The number of nitrogens with zero attached hydrogens (tertiary/aromatic N) is 4. The second-order valence-electron chi connectivity index (χ2n) is 4.23. The van der Waals surface area contributed by atoms with Crippen LogP contribution in [-0.4, -0.2) is 33.8 Å². The van der Waals surface area contributed by atoms with Crippen LogP contribution in [0.1, 0.15) is 17.3 Å². The normalized spacial score (nSPS) is 10.9. The predicted octanol–water partition coefficient (Wildman–Crippen LogP) is 2.47. The van der Waals surface area contributed by atoms with Crippen LogP contribution >= 0.6 is 11.8 Å². The highest BCUT2D eigenvalue weighted by molar-refractivity contribution is 8.13. The first-order valence-electron chi connectivity index (χ1n) is 6.78. The Bertz CT molecular complexity index is 750. The fourth-order valence-electron chi connectivity index (χ4n) is 1.84. The average molecular weight is 329 g/mol. The van der Waals surface area contributed by atoms with E-state index in [1.54, 1.807) is 54.5 Å². The first kappa shape index (κ1) is 16.6. The fourth-order valence-corrected chi connectivity index (χ4v) is 2.18. The van der Waals surface area contributed by atoms with Crippen molar-refractivity contribution < 1.29 is 9.53 Å². The number of nitriles is 1. The van der Waals surface area contributed by atoms with Crippen LogP contribution < -0.4 is 5.32 Å². The molecule has 0 saturated heterocycles. The summed E-state index contributed by atoms with van der Waals surface area (Å²) in [4.78, 5) is 16.4. The Morgan fingerprint density at radius 1 is 1.57 bits per heavy atom. The number of nitrogens with one attached hydrogen (secondary N) is 1. The molecule has 0 saturated carbocycles. The van der Waals surface area contributed by atoms with Crippen LogP contribution in [0.2, 0.25) is 0 Å². The van der Waals surface area contributed by atoms with Gasteiger partial charge in [-0.25, -0.2) is 14.5 Å². The van der Waals surface area contributed by atoms with Gasteiger partial charge >= 0.3 is 5.97 Å². The maximum atomic E-state index is 12.1. The molecule has 0 amide bonds. The molecular formula is C15H15N5O2S. The second-order valence-corrected chi connectivity index (χ2v) is 5.03. The van der Waals surface area contributed by atoms with Gasteiger partial charge in [0.05, 0.1) is 23.5 Å². The number of ether oxygens (including phenoxy) is 1. The first-order valence-corrected chi connectivity index (χ1v) is 8.01. The Labute approximate surface area is 138 Å². The van der Waals surface area contributed by atoms with Gasteiger partial charge in [0.2, 0.25) is 0 Å². The Hall–Kier alpha value is -2.79. The van der Waals surface area contributed by atoms with Gasteiger partial charge in [0.1, 0.15) is 0 Å². The van der Waals surface area contributed by atoms with Gasteiger partial charge in [-0.3, -0.25) is 5.32 Å². The van der Waals surface area contributed by atoms with E-state index in [4.69, 9.17) is 10.00 Å². The van der Waals surface area contributed by atoms with E-state index in [9.17, 15) is 4.79 Å². The Morgan fingerprint density at radius 2 is 2.39 bits per heavy atom. The van der Waals surface area contributed by atoms with Crippen molar-refractivity contribution in [2.24, 2.45) is 4.99 Å². The molecule has 1 aromatic heterocycles. The topological polar surface area (TPSA) is 92.3 Å². The molecule has 1 N–H and O–H groups in total. The van der Waals surface area contributed by atoms with Crippen molar-refractivity contribution in [1.82, 2.24) is 15.1 Å². The molecule has 7 nitrogen and oxygen atoms in total. The number of thioether (sulfide) groups is 1. The number of aliphatic imine (C=N–C) groups is 1. The van der Waals surface area contributed by atoms with Crippen molar-refractivity contribution in [3.63, 3.8) is 0 Å². The Morgan fingerprint density at radius 3 is 3.00 bits per heavy atom. The number of aromatic nitrogens is 2. The molecule has 8 heteroatoms. The molecule has 23 heavy (non-hydrogen) atoms. The highest BCUT2D eigenvalue weighted by Gasteiger charge is 2.14. The zero-order valence-electron chi connectivity index (χ0n) is 12.7. The number of rotatable bonds is 4. The molecule has 0 aliphatic heterocycles. The highest BCUT2D eigenvalue weighted by atomic mass is 32.2. The van der Waals surface area contributed by atoms with Gasteiger partial charge in [0.25, 0.3) is 0 Å². The molecular weight excluding hydrogens is 314 g/mol. The van der Waals surface area contributed by atoms with Crippen LogP contribution in [0.3, 0.4) is 0 Å². The lowest BCUT2D eigenvalue weighted by atomic mass is 10.1. The quantitative estimate of drug-likeness (QED) is 0.304. The van der Waals surface area contributed by atoms with Gasteiger partial charge in [-0.2, -0.15) is 10.4 Å². The lowest BCUT2D eigenvalue weighted by Crippen LogP contribution is -2.13. The summed E-state index contributed by atoms with van der Waals surface area (Å²) in [6, 6.07) is 6.91. The van der Waals surface area contributed by atoms with Crippen molar-refractivity contribution in [2.45, 2.75) is 6.92 Å². The molecule has 0 fully saturated rings. The third kappa shape index (κ3) is 4.11. The number of hydrogen-bond donors (Lipinski definition) is 1. The summed E-state index contributed by atoms with van der Waals surface area (Å²) in [5, 5.41) is 15.8. The highest BCUT2D eigenvalue weighted by Crippen LogP contribution is 2.25. The number of benzene rings is 1. The van der Waals surface area contributed by atoms with Crippen LogP contribution in [0.4, 0.5) is 5.69 Å². The van der Waals surface area contributed by atoms with Gasteiger partial charge in [0, 0.05) is 12.4 Å². The zero-order valence-corrected chi connectivity index (χ0v) is 13.5. The molecule has 0 atom stereocenters. The molecule has 0 aliphatic rings. The SMILES string of the molecule is CCOC(=O)c1ccc(-n2cccn2)cc1N=C(NC#N)SC. The summed E-state index contributed by atoms with van der Waals surface area (Å²) in [5.41, 5.74) is 1.48. The summed E-state index contributed by atoms with van der Waals surface area (Å²) >= 11 is 1.27. The largest absolute Gasteiger partial charge is 0.462 e. The van der Waals surface area contributed by atoms with Crippen molar-refractivity contribution in [3.05, 3.63) is 42.2 Å². The van der Waals surface area contributed by atoms with Crippen molar-refractivity contribution in [1.29, 1.82) is 5.26 Å². The summed E-state index contributed by atoms with van der Waals surface area (Å²) in [7, 11) is 0. The second kappa shape index (κ2) is 8.00. The molecule has 0 spiro atoms. The minimum atomic E-state index is -0.462. The van der Waals surface area contributed by atoms with Gasteiger partial charge in [-0.1, -0.05) is 11.8 Å². The number of hydrogen-bond acceptors (Lipinski definition) is 6. The van der Waals surface area contributed by atoms with Crippen LogP contribution in [0.15, 0.2) is 41.7 Å². The molecule has 118 valence electrons. The van der Waals surface area contributed by atoms with E-state index >= 15 is 0 Å². The Balaban J connectivity index is 2.51. The van der Waals surface area contributed by atoms with Gasteiger partial charge in [-0.05, 0) is 37.4 Å². The van der Waals surface area contributed by atoms with Crippen LogP contribution in [0.25, 0.3) is 5.69 Å². The smallest absolute Gasteiger partial charge is 0.340 e. The maximum absolute atomic E-state index is 12.1. The third-order valence-electron chi connectivity index (χ3n) is 2.82. The monoisotopic (exact) mass is 329 g/mol. The number of carbonyl (C=O) groups is 1. The maximum Gasteiger partial charge on any atom is 0.340 e. The van der Waals surface area contributed by atoms with Gasteiger partial charge in [-0.15, -0.1) is 0 Å². The summed E-state index contributed by atoms with van der Waals surface area (Å²) in [5.74, 6) is -0.462. The van der Waals surface area contributed by atoms with Crippen molar-refractivity contribution in [3.8, 4) is 11.9 Å². The number of carbonyl (C=O) groups excluding carboxylic acids is 1. The molecule has 1 heterocycles. The minimum Gasteiger partial charge on any atom is -0.462 e. The van der Waals surface area contributed by atoms with Crippen molar-refractivity contribution in [2.75, 3.05) is 12.9 Å². The van der Waals surface area contributed by atoms with Gasteiger partial charge in [0.15, 0.2) is 11.4 Å². The van der Waals surface area contributed by atoms with Gasteiger partial charge < -0.3 is 4.74 Å². The summed E-state index contributed by atoms with van der Waals surface area (Å²) < 4.78 is 6.71. The fraction of sp³-hybridized carbons (Fsp3) is 0.200. The van der Waals surface area contributed by atoms with E-state index in [2.05, 4.69) is 15.4 Å². The van der Waals surface area contributed by atoms with E-state index in [1.165, 1.54) is 11.8 Å². The standard InChI is InChI=1S/C15H15N5O2S/c1-3-22-14(21)12-6-5-11(20-8-4-7-18-20)9-13(12)19-15(23-2)17-10-16/h4-9H,3H2,1-2H3,(H,17,19). The van der Waals surface area contributed by atoms with E-state index in [0.717, 1.165) is 5.69 Å². The molecule has 2 aromatic rings. The molecule has 1 aromatic carbocycles. The first-order chi connectivity index (χ1) is 11.2. The van der Waals surface area contributed by atoms with E-state index in [1.807, 2.05) is 6.19 Å². The average Bonchev–Trinajstić information content (AvgIpc) is 3.09. The summed E-state index contributed by atoms with van der Waals surface area (Å²) in [6.07, 6.45) is 7.05.